The van der Waals surface area contributed by atoms with Gasteiger partial charge in [-0.3, -0.25) is 0 Å². The van der Waals surface area contributed by atoms with Crippen LogP contribution >= 0.6 is 15.9 Å². The van der Waals surface area contributed by atoms with Crippen molar-refractivity contribution in [2.75, 3.05) is 0 Å². The van der Waals surface area contributed by atoms with Crippen LogP contribution in [0.1, 0.15) is 25.5 Å². The van der Waals surface area contributed by atoms with Gasteiger partial charge in [-0.15, -0.1) is 0 Å². The highest BCUT2D eigenvalue weighted by molar-refractivity contribution is 9.10. The molecule has 70 valence electrons. The summed E-state index contributed by atoms with van der Waals surface area (Å²) in [6, 6.07) is 0. The van der Waals surface area contributed by atoms with Crippen molar-refractivity contribution >= 4 is 15.9 Å². The SMILES string of the molecule is CCC1CC1(O)c1ncncc1Br. The molecular weight excluding hydrogens is 232 g/mol. The van der Waals surface area contributed by atoms with Gasteiger partial charge in [0, 0.05) is 6.20 Å². The molecule has 0 spiro atoms. The van der Waals surface area contributed by atoms with Gasteiger partial charge < -0.3 is 5.11 Å². The lowest BCUT2D eigenvalue weighted by molar-refractivity contribution is 0.124. The standard InChI is InChI=1S/C9H11BrN2O/c1-2-6-3-9(6,13)8-7(10)4-11-5-12-8/h4-6,13H,2-3H2,1H3. The first-order chi connectivity index (χ1) is 6.18. The van der Waals surface area contributed by atoms with Crippen molar-refractivity contribution < 1.29 is 5.11 Å². The molecule has 1 aromatic rings. The molecule has 2 rings (SSSR count). The van der Waals surface area contributed by atoms with Gasteiger partial charge in [0.25, 0.3) is 0 Å². The van der Waals surface area contributed by atoms with E-state index in [1.54, 1.807) is 6.20 Å². The Balaban J connectivity index is 2.32. The van der Waals surface area contributed by atoms with Crippen molar-refractivity contribution in [3.63, 3.8) is 0 Å². The van der Waals surface area contributed by atoms with E-state index in [-0.39, 0.29) is 0 Å². The van der Waals surface area contributed by atoms with Gasteiger partial charge in [0.15, 0.2) is 0 Å². The van der Waals surface area contributed by atoms with Gasteiger partial charge in [-0.05, 0) is 28.3 Å². The van der Waals surface area contributed by atoms with Crippen molar-refractivity contribution in [1.82, 2.24) is 9.97 Å². The second-order valence-corrected chi connectivity index (χ2v) is 4.31. The van der Waals surface area contributed by atoms with Gasteiger partial charge in [0.1, 0.15) is 11.9 Å². The predicted octanol–water partition coefficient (Wildman–Crippen LogP) is 1.86. The molecule has 0 aromatic carbocycles. The van der Waals surface area contributed by atoms with Crippen LogP contribution in [0.15, 0.2) is 17.0 Å². The Hall–Kier alpha value is -0.480. The summed E-state index contributed by atoms with van der Waals surface area (Å²) in [5, 5.41) is 10.1. The number of nitrogens with zero attached hydrogens (tertiary/aromatic N) is 2. The van der Waals surface area contributed by atoms with Crippen LogP contribution in [0.5, 0.6) is 0 Å². The average molecular weight is 243 g/mol. The molecular formula is C9H11BrN2O. The molecule has 1 aliphatic carbocycles. The number of hydrogen-bond donors (Lipinski definition) is 1. The van der Waals surface area contributed by atoms with E-state index in [1.165, 1.54) is 6.33 Å². The monoisotopic (exact) mass is 242 g/mol. The summed E-state index contributed by atoms with van der Waals surface area (Å²) in [6.45, 7) is 2.08. The lowest BCUT2D eigenvalue weighted by atomic mass is 10.1. The Morgan fingerprint density at radius 1 is 1.77 bits per heavy atom. The zero-order valence-corrected chi connectivity index (χ0v) is 8.95. The summed E-state index contributed by atoms with van der Waals surface area (Å²) in [5.74, 6) is 0.360. The van der Waals surface area contributed by atoms with Crippen molar-refractivity contribution in [3.8, 4) is 0 Å². The van der Waals surface area contributed by atoms with Gasteiger partial charge in [-0.2, -0.15) is 0 Å². The van der Waals surface area contributed by atoms with E-state index in [4.69, 9.17) is 0 Å². The van der Waals surface area contributed by atoms with E-state index in [1.807, 2.05) is 0 Å². The molecule has 1 saturated carbocycles. The molecule has 0 saturated heterocycles. The Labute approximate surface area is 85.4 Å². The van der Waals surface area contributed by atoms with Crippen LogP contribution in [-0.4, -0.2) is 15.1 Å². The van der Waals surface area contributed by atoms with Gasteiger partial charge in [-0.1, -0.05) is 13.3 Å². The first-order valence-electron chi connectivity index (χ1n) is 4.37. The molecule has 0 radical (unpaired) electrons. The molecule has 0 bridgehead atoms. The topological polar surface area (TPSA) is 46.0 Å². The van der Waals surface area contributed by atoms with Crippen LogP contribution in [0.25, 0.3) is 0 Å². The molecule has 3 nitrogen and oxygen atoms in total. The minimum absolute atomic E-state index is 0.360. The normalized spacial score (nSPS) is 31.8. The summed E-state index contributed by atoms with van der Waals surface area (Å²) < 4.78 is 0.799. The fraction of sp³-hybridized carbons (Fsp3) is 0.556. The van der Waals surface area contributed by atoms with Crippen LogP contribution in [0.3, 0.4) is 0 Å². The minimum Gasteiger partial charge on any atom is -0.383 e. The zero-order valence-electron chi connectivity index (χ0n) is 7.37. The summed E-state index contributed by atoms with van der Waals surface area (Å²) in [4.78, 5) is 7.97. The van der Waals surface area contributed by atoms with Crippen LogP contribution in [0.4, 0.5) is 0 Å². The van der Waals surface area contributed by atoms with E-state index >= 15 is 0 Å². The Morgan fingerprint density at radius 3 is 3.08 bits per heavy atom. The van der Waals surface area contributed by atoms with Crippen LogP contribution in [0, 0.1) is 5.92 Å². The van der Waals surface area contributed by atoms with Crippen LogP contribution < -0.4 is 0 Å². The van der Waals surface area contributed by atoms with Crippen LogP contribution in [0.2, 0.25) is 0 Å². The Morgan fingerprint density at radius 2 is 2.54 bits per heavy atom. The maximum absolute atomic E-state index is 10.1. The molecule has 2 unspecified atom stereocenters. The lowest BCUT2D eigenvalue weighted by Gasteiger charge is -2.09. The fourth-order valence-corrected chi connectivity index (χ4v) is 2.28. The number of aromatic nitrogens is 2. The highest BCUT2D eigenvalue weighted by atomic mass is 79.9. The first-order valence-corrected chi connectivity index (χ1v) is 5.16. The molecule has 1 aliphatic rings. The van der Waals surface area contributed by atoms with E-state index in [2.05, 4.69) is 32.8 Å². The highest BCUT2D eigenvalue weighted by Gasteiger charge is 2.54. The van der Waals surface area contributed by atoms with Gasteiger partial charge >= 0.3 is 0 Å². The van der Waals surface area contributed by atoms with Crippen molar-refractivity contribution in [3.05, 3.63) is 22.7 Å². The highest BCUT2D eigenvalue weighted by Crippen LogP contribution is 2.54. The third-order valence-electron chi connectivity index (χ3n) is 2.64. The molecule has 2 atom stereocenters. The number of aliphatic hydroxyl groups is 1. The molecule has 4 heteroatoms. The quantitative estimate of drug-likeness (QED) is 0.862. The Bertz CT molecular complexity index is 331. The van der Waals surface area contributed by atoms with E-state index in [0.717, 1.165) is 23.0 Å². The third-order valence-corrected chi connectivity index (χ3v) is 3.22. The van der Waals surface area contributed by atoms with Gasteiger partial charge in [0.05, 0.1) is 10.2 Å². The fourth-order valence-electron chi connectivity index (χ4n) is 1.72. The van der Waals surface area contributed by atoms with Crippen molar-refractivity contribution in [2.24, 2.45) is 5.92 Å². The third kappa shape index (κ3) is 1.38. The molecule has 0 aliphatic heterocycles. The molecule has 1 heterocycles. The summed E-state index contributed by atoms with van der Waals surface area (Å²) in [6.07, 6.45) is 4.96. The number of hydrogen-bond acceptors (Lipinski definition) is 3. The van der Waals surface area contributed by atoms with Crippen LogP contribution in [-0.2, 0) is 5.60 Å². The average Bonchev–Trinajstić information content (AvgIpc) is 2.79. The van der Waals surface area contributed by atoms with E-state index in [0.29, 0.717) is 5.92 Å². The number of halogens is 1. The number of rotatable bonds is 2. The smallest absolute Gasteiger partial charge is 0.115 e. The molecule has 1 fully saturated rings. The van der Waals surface area contributed by atoms with Crippen molar-refractivity contribution in [2.45, 2.75) is 25.4 Å². The van der Waals surface area contributed by atoms with Gasteiger partial charge in [-0.25, -0.2) is 9.97 Å². The van der Waals surface area contributed by atoms with Crippen molar-refractivity contribution in [1.29, 1.82) is 0 Å². The van der Waals surface area contributed by atoms with E-state index in [9.17, 15) is 5.11 Å². The Kier molecular flexibility index (Phi) is 2.12. The molecule has 13 heavy (non-hydrogen) atoms. The predicted molar refractivity (Wildman–Crippen MR) is 52.0 cm³/mol. The molecule has 1 N–H and O–H groups in total. The second-order valence-electron chi connectivity index (χ2n) is 3.45. The maximum Gasteiger partial charge on any atom is 0.115 e. The maximum atomic E-state index is 10.1. The largest absolute Gasteiger partial charge is 0.383 e. The molecule has 1 aromatic heterocycles. The first kappa shape index (κ1) is 9.09. The minimum atomic E-state index is -0.698. The summed E-state index contributed by atoms with van der Waals surface area (Å²) >= 11 is 3.34. The summed E-state index contributed by atoms with van der Waals surface area (Å²) in [5.41, 5.74) is 0.0330. The van der Waals surface area contributed by atoms with E-state index < -0.39 is 5.60 Å². The van der Waals surface area contributed by atoms with Gasteiger partial charge in [0.2, 0.25) is 0 Å². The second kappa shape index (κ2) is 3.03. The summed E-state index contributed by atoms with van der Waals surface area (Å²) in [7, 11) is 0. The lowest BCUT2D eigenvalue weighted by Crippen LogP contribution is -2.11. The zero-order chi connectivity index (χ0) is 9.47. The molecule has 0 amide bonds.